The van der Waals surface area contributed by atoms with Gasteiger partial charge in [0.2, 0.25) is 11.8 Å². The fourth-order valence-corrected chi connectivity index (χ4v) is 3.98. The molecule has 1 atom stereocenters. The standard InChI is InChI=1S/C18H22N4O2S/c23-17(8-13-3-4-13)21-10-14-9-19-12-22(14)16(11-21)18(24)20-6-5-15-2-1-7-25-15/h1-2,7,9,12-13,16H,3-6,8,10-11H2,(H,20,24). The van der Waals surface area contributed by atoms with Crippen LogP contribution in [0.15, 0.2) is 30.0 Å². The van der Waals surface area contributed by atoms with Crippen LogP contribution in [0.4, 0.5) is 0 Å². The van der Waals surface area contributed by atoms with Crippen LogP contribution in [0.1, 0.15) is 35.9 Å². The van der Waals surface area contributed by atoms with Gasteiger partial charge in [-0.25, -0.2) is 4.98 Å². The van der Waals surface area contributed by atoms with Gasteiger partial charge < -0.3 is 14.8 Å². The van der Waals surface area contributed by atoms with E-state index in [2.05, 4.69) is 16.4 Å². The predicted octanol–water partition coefficient (Wildman–Crippen LogP) is 1.99. The molecule has 132 valence electrons. The summed E-state index contributed by atoms with van der Waals surface area (Å²) in [6.07, 6.45) is 7.20. The van der Waals surface area contributed by atoms with Crippen LogP contribution in [0.2, 0.25) is 0 Å². The molecule has 25 heavy (non-hydrogen) atoms. The van der Waals surface area contributed by atoms with Crippen molar-refractivity contribution in [3.05, 3.63) is 40.6 Å². The van der Waals surface area contributed by atoms with Crippen LogP contribution in [-0.4, -0.2) is 39.4 Å². The third-order valence-corrected chi connectivity index (χ3v) is 5.83. The summed E-state index contributed by atoms with van der Waals surface area (Å²) in [5.74, 6) is 0.670. The SMILES string of the molecule is O=C(NCCc1cccs1)C1CN(C(=O)CC2CC2)Cc2cncn21. The number of rotatable bonds is 6. The zero-order valence-corrected chi connectivity index (χ0v) is 14.9. The fraction of sp³-hybridized carbons (Fsp3) is 0.500. The fourth-order valence-electron chi connectivity index (χ4n) is 3.27. The molecule has 1 N–H and O–H groups in total. The Balaban J connectivity index is 1.40. The Kier molecular flexibility index (Phi) is 4.57. The van der Waals surface area contributed by atoms with Gasteiger partial charge in [-0.05, 0) is 36.6 Å². The molecule has 2 aromatic heterocycles. The lowest BCUT2D eigenvalue weighted by molar-refractivity contribution is -0.135. The molecule has 0 spiro atoms. The van der Waals surface area contributed by atoms with Crippen LogP contribution in [0.5, 0.6) is 0 Å². The van der Waals surface area contributed by atoms with Crippen LogP contribution in [0.25, 0.3) is 0 Å². The number of carbonyl (C=O) groups excluding carboxylic acids is 2. The quantitative estimate of drug-likeness (QED) is 0.859. The predicted molar refractivity (Wildman–Crippen MR) is 95.1 cm³/mol. The molecule has 3 heterocycles. The minimum atomic E-state index is -0.391. The molecule has 4 rings (SSSR count). The number of hydrogen-bond donors (Lipinski definition) is 1. The number of hydrogen-bond acceptors (Lipinski definition) is 4. The van der Waals surface area contributed by atoms with E-state index in [1.54, 1.807) is 23.9 Å². The van der Waals surface area contributed by atoms with Gasteiger partial charge in [0.15, 0.2) is 0 Å². The maximum Gasteiger partial charge on any atom is 0.244 e. The van der Waals surface area contributed by atoms with E-state index in [4.69, 9.17) is 0 Å². The number of aromatic nitrogens is 2. The molecule has 2 aliphatic rings. The maximum absolute atomic E-state index is 12.7. The largest absolute Gasteiger partial charge is 0.354 e. The first-order valence-corrected chi connectivity index (χ1v) is 9.67. The number of carbonyl (C=O) groups is 2. The van der Waals surface area contributed by atoms with Crippen molar-refractivity contribution >= 4 is 23.2 Å². The highest BCUT2D eigenvalue weighted by Crippen LogP contribution is 2.33. The Hall–Kier alpha value is -2.15. The maximum atomic E-state index is 12.7. The molecule has 0 radical (unpaired) electrons. The minimum Gasteiger partial charge on any atom is -0.354 e. The van der Waals surface area contributed by atoms with E-state index in [1.165, 1.54) is 4.88 Å². The number of nitrogens with one attached hydrogen (secondary N) is 1. The molecular weight excluding hydrogens is 336 g/mol. The summed E-state index contributed by atoms with van der Waals surface area (Å²) in [6, 6.07) is 3.70. The third-order valence-electron chi connectivity index (χ3n) is 4.89. The lowest BCUT2D eigenvalue weighted by Gasteiger charge is -2.33. The van der Waals surface area contributed by atoms with Gasteiger partial charge in [-0.2, -0.15) is 0 Å². The first kappa shape index (κ1) is 16.3. The van der Waals surface area contributed by atoms with E-state index in [0.717, 1.165) is 25.0 Å². The molecule has 1 aliphatic carbocycles. The van der Waals surface area contributed by atoms with E-state index in [9.17, 15) is 9.59 Å². The van der Waals surface area contributed by atoms with Gasteiger partial charge >= 0.3 is 0 Å². The second kappa shape index (κ2) is 7.00. The first-order chi connectivity index (χ1) is 12.2. The van der Waals surface area contributed by atoms with Crippen molar-refractivity contribution in [3.63, 3.8) is 0 Å². The van der Waals surface area contributed by atoms with E-state index in [1.807, 2.05) is 20.9 Å². The molecule has 0 saturated heterocycles. The van der Waals surface area contributed by atoms with Gasteiger partial charge in [0, 0.05) is 24.0 Å². The molecule has 2 amide bonds. The molecule has 0 bridgehead atoms. The van der Waals surface area contributed by atoms with Crippen molar-refractivity contribution in [2.45, 2.75) is 38.3 Å². The van der Waals surface area contributed by atoms with Crippen molar-refractivity contribution in [2.24, 2.45) is 5.92 Å². The van der Waals surface area contributed by atoms with Crippen LogP contribution in [0, 0.1) is 5.92 Å². The third kappa shape index (κ3) is 3.76. The Labute approximate surface area is 150 Å². The molecule has 6 nitrogen and oxygen atoms in total. The monoisotopic (exact) mass is 358 g/mol. The normalized spacial score (nSPS) is 19.5. The highest BCUT2D eigenvalue weighted by atomic mass is 32.1. The first-order valence-electron chi connectivity index (χ1n) is 8.79. The lowest BCUT2D eigenvalue weighted by Crippen LogP contribution is -2.46. The number of amides is 2. The number of thiophene rings is 1. The number of nitrogens with zero attached hydrogens (tertiary/aromatic N) is 3. The molecule has 1 unspecified atom stereocenters. The van der Waals surface area contributed by atoms with Gasteiger partial charge in [0.25, 0.3) is 0 Å². The average Bonchev–Trinajstić information content (AvgIpc) is 3.09. The summed E-state index contributed by atoms with van der Waals surface area (Å²) in [5, 5.41) is 5.06. The zero-order valence-electron chi connectivity index (χ0n) is 14.1. The average molecular weight is 358 g/mol. The molecule has 1 saturated carbocycles. The van der Waals surface area contributed by atoms with Crippen molar-refractivity contribution in [1.82, 2.24) is 19.8 Å². The van der Waals surface area contributed by atoms with Crippen molar-refractivity contribution in [3.8, 4) is 0 Å². The van der Waals surface area contributed by atoms with Crippen molar-refractivity contribution in [2.75, 3.05) is 13.1 Å². The zero-order chi connectivity index (χ0) is 17.2. The molecule has 2 aromatic rings. The Morgan fingerprint density at radius 2 is 2.24 bits per heavy atom. The Bertz CT molecular complexity index is 751. The topological polar surface area (TPSA) is 67.2 Å². The molecule has 1 aliphatic heterocycles. The summed E-state index contributed by atoms with van der Waals surface area (Å²) in [4.78, 5) is 32.4. The molecular formula is C18H22N4O2S. The van der Waals surface area contributed by atoms with Crippen molar-refractivity contribution < 1.29 is 9.59 Å². The Morgan fingerprint density at radius 3 is 3.00 bits per heavy atom. The highest BCUT2D eigenvalue weighted by molar-refractivity contribution is 7.09. The van der Waals surface area contributed by atoms with E-state index >= 15 is 0 Å². The van der Waals surface area contributed by atoms with Gasteiger partial charge in [-0.15, -0.1) is 11.3 Å². The summed E-state index contributed by atoms with van der Waals surface area (Å²) in [6.45, 7) is 1.58. The van der Waals surface area contributed by atoms with Crippen molar-refractivity contribution in [1.29, 1.82) is 0 Å². The molecule has 0 aromatic carbocycles. The summed E-state index contributed by atoms with van der Waals surface area (Å²) in [5.41, 5.74) is 0.925. The van der Waals surface area contributed by atoms with Gasteiger partial charge in [0.05, 0.1) is 25.1 Å². The summed E-state index contributed by atoms with van der Waals surface area (Å²) < 4.78 is 1.90. The summed E-state index contributed by atoms with van der Waals surface area (Å²) >= 11 is 1.70. The number of imidazole rings is 1. The minimum absolute atomic E-state index is 0.0419. The Morgan fingerprint density at radius 1 is 1.36 bits per heavy atom. The van der Waals surface area contributed by atoms with E-state index in [-0.39, 0.29) is 11.8 Å². The lowest BCUT2D eigenvalue weighted by atomic mass is 10.1. The summed E-state index contributed by atoms with van der Waals surface area (Å²) in [7, 11) is 0. The van der Waals surface area contributed by atoms with Crippen LogP contribution in [0.3, 0.4) is 0 Å². The number of fused-ring (bicyclic) bond motifs is 1. The van der Waals surface area contributed by atoms with Gasteiger partial charge in [-0.1, -0.05) is 6.07 Å². The van der Waals surface area contributed by atoms with Crippen LogP contribution < -0.4 is 5.32 Å². The van der Waals surface area contributed by atoms with E-state index in [0.29, 0.717) is 32.0 Å². The van der Waals surface area contributed by atoms with Crippen LogP contribution in [-0.2, 0) is 22.6 Å². The second-order valence-electron chi connectivity index (χ2n) is 6.85. The molecule has 7 heteroatoms. The molecule has 1 fully saturated rings. The van der Waals surface area contributed by atoms with E-state index < -0.39 is 6.04 Å². The second-order valence-corrected chi connectivity index (χ2v) is 7.88. The van der Waals surface area contributed by atoms with Gasteiger partial charge in [-0.3, -0.25) is 9.59 Å². The smallest absolute Gasteiger partial charge is 0.244 e. The van der Waals surface area contributed by atoms with Gasteiger partial charge in [0.1, 0.15) is 6.04 Å². The highest BCUT2D eigenvalue weighted by Gasteiger charge is 2.34. The van der Waals surface area contributed by atoms with Crippen LogP contribution >= 0.6 is 11.3 Å².